The zero-order valence-corrected chi connectivity index (χ0v) is 11.0. The smallest absolute Gasteiger partial charge is 0.122 e. The van der Waals surface area contributed by atoms with Crippen LogP contribution in [0.5, 0.6) is 0 Å². The van der Waals surface area contributed by atoms with Crippen molar-refractivity contribution in [2.45, 2.75) is 51.7 Å². The Labute approximate surface area is 104 Å². The highest BCUT2D eigenvalue weighted by Crippen LogP contribution is 2.28. The summed E-state index contributed by atoms with van der Waals surface area (Å²) in [5.41, 5.74) is 6.84. The van der Waals surface area contributed by atoms with E-state index in [0.29, 0.717) is 12.6 Å². The van der Waals surface area contributed by atoms with Crippen molar-refractivity contribution in [3.8, 4) is 0 Å². The molecular formula is C14H24N2O. The molecule has 0 radical (unpaired) electrons. The number of hydrogen-bond acceptors (Lipinski definition) is 3. The van der Waals surface area contributed by atoms with Crippen LogP contribution in [0.2, 0.25) is 0 Å². The van der Waals surface area contributed by atoms with Gasteiger partial charge in [0.25, 0.3) is 0 Å². The molecule has 1 heterocycles. The number of furan rings is 1. The van der Waals surface area contributed by atoms with Crippen molar-refractivity contribution in [2.24, 2.45) is 11.7 Å². The van der Waals surface area contributed by atoms with E-state index in [1.807, 2.05) is 6.07 Å². The lowest BCUT2D eigenvalue weighted by Crippen LogP contribution is -2.38. The standard InChI is InChI=1S/C14H24N2O/c1-11-5-3-4-6-13(11)16(2)10-14-12(9-15)7-8-17-14/h7-8,11,13H,3-6,9-10,15H2,1-2H3. The molecule has 1 aromatic heterocycles. The minimum atomic E-state index is 0.569. The zero-order valence-electron chi connectivity index (χ0n) is 11.0. The third kappa shape index (κ3) is 2.90. The van der Waals surface area contributed by atoms with Crippen molar-refractivity contribution in [3.05, 3.63) is 23.7 Å². The van der Waals surface area contributed by atoms with Crippen LogP contribution in [0.15, 0.2) is 16.7 Å². The van der Waals surface area contributed by atoms with Gasteiger partial charge in [0, 0.05) is 18.2 Å². The van der Waals surface area contributed by atoms with E-state index in [0.717, 1.165) is 23.8 Å². The third-order valence-corrected chi connectivity index (χ3v) is 4.08. The SMILES string of the molecule is CC1CCCCC1N(C)Cc1occc1CN. The second-order valence-corrected chi connectivity index (χ2v) is 5.32. The van der Waals surface area contributed by atoms with Crippen LogP contribution in [0.25, 0.3) is 0 Å². The normalized spacial score (nSPS) is 25.4. The van der Waals surface area contributed by atoms with Gasteiger partial charge >= 0.3 is 0 Å². The van der Waals surface area contributed by atoms with E-state index in [2.05, 4.69) is 18.9 Å². The molecule has 2 rings (SSSR count). The summed E-state index contributed by atoms with van der Waals surface area (Å²) in [7, 11) is 2.20. The largest absolute Gasteiger partial charge is 0.468 e. The number of nitrogens with two attached hydrogens (primary N) is 1. The van der Waals surface area contributed by atoms with Crippen LogP contribution in [-0.2, 0) is 13.1 Å². The molecule has 0 aromatic carbocycles. The fraction of sp³-hybridized carbons (Fsp3) is 0.714. The molecule has 0 bridgehead atoms. The maximum Gasteiger partial charge on any atom is 0.122 e. The molecule has 1 aliphatic rings. The Morgan fingerprint density at radius 1 is 1.41 bits per heavy atom. The summed E-state index contributed by atoms with van der Waals surface area (Å²) < 4.78 is 5.53. The lowest BCUT2D eigenvalue weighted by molar-refractivity contribution is 0.125. The molecule has 3 heteroatoms. The van der Waals surface area contributed by atoms with E-state index < -0.39 is 0 Å². The molecule has 0 saturated heterocycles. The molecule has 17 heavy (non-hydrogen) atoms. The summed E-state index contributed by atoms with van der Waals surface area (Å²) in [6, 6.07) is 2.67. The van der Waals surface area contributed by atoms with E-state index >= 15 is 0 Å². The molecule has 1 saturated carbocycles. The molecule has 0 amide bonds. The van der Waals surface area contributed by atoms with Gasteiger partial charge in [-0.3, -0.25) is 4.90 Å². The first-order valence-electron chi connectivity index (χ1n) is 6.68. The van der Waals surface area contributed by atoms with E-state index in [1.54, 1.807) is 6.26 Å². The van der Waals surface area contributed by atoms with Gasteiger partial charge in [-0.2, -0.15) is 0 Å². The Balaban J connectivity index is 1.98. The summed E-state index contributed by atoms with van der Waals surface area (Å²) >= 11 is 0. The van der Waals surface area contributed by atoms with Crippen molar-refractivity contribution < 1.29 is 4.42 Å². The maximum absolute atomic E-state index is 5.70. The molecule has 1 aromatic rings. The highest BCUT2D eigenvalue weighted by Gasteiger charge is 2.25. The highest BCUT2D eigenvalue weighted by molar-refractivity contribution is 5.16. The predicted molar refractivity (Wildman–Crippen MR) is 69.5 cm³/mol. The summed E-state index contributed by atoms with van der Waals surface area (Å²) in [5.74, 6) is 1.83. The molecule has 0 spiro atoms. The lowest BCUT2D eigenvalue weighted by atomic mass is 9.85. The minimum absolute atomic E-state index is 0.569. The fourth-order valence-electron chi connectivity index (χ4n) is 2.98. The van der Waals surface area contributed by atoms with Crippen molar-refractivity contribution in [1.82, 2.24) is 4.90 Å². The summed E-state index contributed by atoms with van der Waals surface area (Å²) in [4.78, 5) is 2.43. The van der Waals surface area contributed by atoms with Gasteiger partial charge in [0.2, 0.25) is 0 Å². The van der Waals surface area contributed by atoms with Gasteiger partial charge in [-0.05, 0) is 31.9 Å². The van der Waals surface area contributed by atoms with Gasteiger partial charge < -0.3 is 10.2 Å². The first kappa shape index (κ1) is 12.7. The summed E-state index contributed by atoms with van der Waals surface area (Å²) in [6.07, 6.45) is 7.17. The van der Waals surface area contributed by atoms with Gasteiger partial charge in [-0.25, -0.2) is 0 Å². The lowest BCUT2D eigenvalue weighted by Gasteiger charge is -2.36. The molecule has 96 valence electrons. The van der Waals surface area contributed by atoms with E-state index in [-0.39, 0.29) is 0 Å². The van der Waals surface area contributed by atoms with Crippen molar-refractivity contribution >= 4 is 0 Å². The Morgan fingerprint density at radius 3 is 2.88 bits per heavy atom. The summed E-state index contributed by atoms with van der Waals surface area (Å²) in [6.45, 7) is 3.82. The second-order valence-electron chi connectivity index (χ2n) is 5.32. The fourth-order valence-corrected chi connectivity index (χ4v) is 2.98. The molecule has 1 aliphatic carbocycles. The highest BCUT2D eigenvalue weighted by atomic mass is 16.3. The number of nitrogens with zero attached hydrogens (tertiary/aromatic N) is 1. The van der Waals surface area contributed by atoms with Crippen LogP contribution in [0.4, 0.5) is 0 Å². The van der Waals surface area contributed by atoms with Gasteiger partial charge in [-0.15, -0.1) is 0 Å². The van der Waals surface area contributed by atoms with Crippen molar-refractivity contribution in [3.63, 3.8) is 0 Å². The second kappa shape index (κ2) is 5.69. The van der Waals surface area contributed by atoms with Crippen molar-refractivity contribution in [2.75, 3.05) is 7.05 Å². The molecule has 0 aliphatic heterocycles. The molecule has 1 fully saturated rings. The first-order chi connectivity index (χ1) is 8.22. The van der Waals surface area contributed by atoms with Gasteiger partial charge in [0.15, 0.2) is 0 Å². The van der Waals surface area contributed by atoms with E-state index in [4.69, 9.17) is 10.2 Å². The van der Waals surface area contributed by atoms with Crippen LogP contribution in [-0.4, -0.2) is 18.0 Å². The topological polar surface area (TPSA) is 42.4 Å². The van der Waals surface area contributed by atoms with Crippen LogP contribution in [0.3, 0.4) is 0 Å². The Kier molecular flexibility index (Phi) is 4.24. The van der Waals surface area contributed by atoms with Crippen LogP contribution >= 0.6 is 0 Å². The van der Waals surface area contributed by atoms with E-state index in [1.165, 1.54) is 25.7 Å². The number of hydrogen-bond donors (Lipinski definition) is 1. The molecular weight excluding hydrogens is 212 g/mol. The van der Waals surface area contributed by atoms with Crippen LogP contribution < -0.4 is 5.73 Å². The molecule has 3 nitrogen and oxygen atoms in total. The van der Waals surface area contributed by atoms with Crippen LogP contribution in [0.1, 0.15) is 43.9 Å². The van der Waals surface area contributed by atoms with Gasteiger partial charge in [-0.1, -0.05) is 19.8 Å². The first-order valence-corrected chi connectivity index (χ1v) is 6.68. The quantitative estimate of drug-likeness (QED) is 0.874. The van der Waals surface area contributed by atoms with Gasteiger partial charge in [0.05, 0.1) is 12.8 Å². The van der Waals surface area contributed by atoms with Crippen LogP contribution in [0, 0.1) is 5.92 Å². The average molecular weight is 236 g/mol. The molecule has 2 N–H and O–H groups in total. The summed E-state index contributed by atoms with van der Waals surface area (Å²) in [5, 5.41) is 0. The average Bonchev–Trinajstić information content (AvgIpc) is 2.76. The minimum Gasteiger partial charge on any atom is -0.468 e. The molecule has 2 atom stereocenters. The van der Waals surface area contributed by atoms with Gasteiger partial charge in [0.1, 0.15) is 5.76 Å². The Hall–Kier alpha value is -0.800. The third-order valence-electron chi connectivity index (χ3n) is 4.08. The number of rotatable bonds is 4. The maximum atomic E-state index is 5.70. The predicted octanol–water partition coefficient (Wildman–Crippen LogP) is 2.75. The molecule has 2 unspecified atom stereocenters. The monoisotopic (exact) mass is 236 g/mol. The Morgan fingerprint density at radius 2 is 2.18 bits per heavy atom. The zero-order chi connectivity index (χ0) is 12.3. The van der Waals surface area contributed by atoms with Crippen molar-refractivity contribution in [1.29, 1.82) is 0 Å². The Bertz CT molecular complexity index is 348. The van der Waals surface area contributed by atoms with E-state index in [9.17, 15) is 0 Å².